The largest absolute Gasteiger partial charge is 0.383 e. The molecule has 0 aliphatic carbocycles. The van der Waals surface area contributed by atoms with Gasteiger partial charge in [-0.25, -0.2) is 0 Å². The zero-order chi connectivity index (χ0) is 8.97. The molecule has 0 radical (unpaired) electrons. The Labute approximate surface area is 78.7 Å². The van der Waals surface area contributed by atoms with E-state index in [0.717, 1.165) is 11.3 Å². The number of anilines is 1. The summed E-state index contributed by atoms with van der Waals surface area (Å²) in [6.07, 6.45) is 0. The summed E-state index contributed by atoms with van der Waals surface area (Å²) in [6, 6.07) is 8.66. The van der Waals surface area contributed by atoms with Gasteiger partial charge in [-0.2, -0.15) is 0 Å². The normalized spacial score (nSPS) is 10.3. The Balaban J connectivity index is 2.65. The molecule has 0 aliphatic rings. The van der Waals surface area contributed by atoms with Gasteiger partial charge in [-0.05, 0) is 31.5 Å². The van der Waals surface area contributed by atoms with Crippen LogP contribution in [-0.4, -0.2) is 6.04 Å². The molecular weight excluding hydrogens is 170 g/mol. The predicted octanol–water partition coefficient (Wildman–Crippen LogP) is 3.25. The Morgan fingerprint density at radius 1 is 1.25 bits per heavy atom. The average molecular weight is 184 g/mol. The van der Waals surface area contributed by atoms with Gasteiger partial charge in [0.15, 0.2) is 0 Å². The lowest BCUT2D eigenvalue weighted by Gasteiger charge is -2.09. The van der Waals surface area contributed by atoms with Gasteiger partial charge in [0, 0.05) is 17.6 Å². The molecule has 1 N–H and O–H groups in total. The number of benzene rings is 1. The number of nitrogens with one attached hydrogen (secondary N) is 1. The molecule has 0 heterocycles. The van der Waals surface area contributed by atoms with Crippen LogP contribution in [0.25, 0.3) is 0 Å². The van der Waals surface area contributed by atoms with E-state index in [1.165, 1.54) is 0 Å². The first-order chi connectivity index (χ1) is 5.72. The topological polar surface area (TPSA) is 12.0 Å². The summed E-state index contributed by atoms with van der Waals surface area (Å²) in [5.41, 5.74) is 2.31. The van der Waals surface area contributed by atoms with E-state index in [-0.39, 0.29) is 0 Å². The molecule has 0 atom stereocenters. The third-order valence-corrected chi connectivity index (χ3v) is 1.87. The van der Waals surface area contributed by atoms with Crippen molar-refractivity contribution in [2.75, 3.05) is 5.32 Å². The molecule has 1 rings (SSSR count). The van der Waals surface area contributed by atoms with Gasteiger partial charge >= 0.3 is 0 Å². The van der Waals surface area contributed by atoms with E-state index in [9.17, 15) is 0 Å². The SMILES string of the molecule is CC(C)Nc1ccc(CCl)cc1. The fraction of sp³-hybridized carbons (Fsp3) is 0.400. The minimum atomic E-state index is 0.479. The van der Waals surface area contributed by atoms with Crippen LogP contribution in [0.5, 0.6) is 0 Å². The predicted molar refractivity (Wildman–Crippen MR) is 54.8 cm³/mol. The fourth-order valence-corrected chi connectivity index (χ4v) is 1.20. The molecule has 0 spiro atoms. The van der Waals surface area contributed by atoms with Gasteiger partial charge in [-0.3, -0.25) is 0 Å². The monoisotopic (exact) mass is 183 g/mol. The second-order valence-electron chi connectivity index (χ2n) is 3.13. The van der Waals surface area contributed by atoms with E-state index in [1.807, 2.05) is 12.1 Å². The van der Waals surface area contributed by atoms with Crippen molar-refractivity contribution >= 4 is 17.3 Å². The van der Waals surface area contributed by atoms with Crippen molar-refractivity contribution < 1.29 is 0 Å². The van der Waals surface area contributed by atoms with Gasteiger partial charge < -0.3 is 5.32 Å². The summed E-state index contributed by atoms with van der Waals surface area (Å²) in [5.74, 6) is 0.585. The van der Waals surface area contributed by atoms with Crippen molar-refractivity contribution in [3.8, 4) is 0 Å². The second-order valence-corrected chi connectivity index (χ2v) is 3.40. The standard InChI is InChI=1S/C10H14ClN/c1-8(2)12-10-5-3-9(7-11)4-6-10/h3-6,8,12H,7H2,1-2H3. The quantitative estimate of drug-likeness (QED) is 0.710. The Kier molecular flexibility index (Phi) is 3.42. The summed E-state index contributed by atoms with van der Waals surface area (Å²) in [7, 11) is 0. The van der Waals surface area contributed by atoms with Crippen molar-refractivity contribution in [3.63, 3.8) is 0 Å². The van der Waals surface area contributed by atoms with Gasteiger partial charge in [-0.15, -0.1) is 11.6 Å². The van der Waals surface area contributed by atoms with E-state index in [2.05, 4.69) is 31.3 Å². The molecule has 0 unspecified atom stereocenters. The summed E-state index contributed by atoms with van der Waals surface area (Å²) < 4.78 is 0. The minimum Gasteiger partial charge on any atom is -0.383 e. The fourth-order valence-electron chi connectivity index (χ4n) is 1.02. The highest BCUT2D eigenvalue weighted by atomic mass is 35.5. The number of rotatable bonds is 3. The summed E-state index contributed by atoms with van der Waals surface area (Å²) in [6.45, 7) is 4.24. The summed E-state index contributed by atoms with van der Waals surface area (Å²) in [4.78, 5) is 0. The first-order valence-corrected chi connectivity index (χ1v) is 4.67. The van der Waals surface area contributed by atoms with Crippen LogP contribution in [0.15, 0.2) is 24.3 Å². The molecule has 0 saturated carbocycles. The molecule has 0 aliphatic heterocycles. The lowest BCUT2D eigenvalue weighted by Crippen LogP contribution is -2.09. The van der Waals surface area contributed by atoms with Gasteiger partial charge in [0.05, 0.1) is 0 Å². The average Bonchev–Trinajstić information content (AvgIpc) is 2.05. The molecule has 0 fully saturated rings. The van der Waals surface area contributed by atoms with Crippen molar-refractivity contribution in [1.82, 2.24) is 0 Å². The number of hydrogen-bond donors (Lipinski definition) is 1. The number of halogens is 1. The minimum absolute atomic E-state index is 0.479. The molecule has 1 aromatic rings. The van der Waals surface area contributed by atoms with Crippen molar-refractivity contribution in [1.29, 1.82) is 0 Å². The van der Waals surface area contributed by atoms with Crippen LogP contribution in [0.4, 0.5) is 5.69 Å². The Morgan fingerprint density at radius 2 is 1.83 bits per heavy atom. The first kappa shape index (κ1) is 9.40. The molecule has 2 heteroatoms. The lowest BCUT2D eigenvalue weighted by atomic mass is 10.2. The highest BCUT2D eigenvalue weighted by molar-refractivity contribution is 6.17. The molecule has 66 valence electrons. The third kappa shape index (κ3) is 2.74. The van der Waals surface area contributed by atoms with Crippen molar-refractivity contribution in [2.45, 2.75) is 25.8 Å². The Morgan fingerprint density at radius 3 is 2.25 bits per heavy atom. The van der Waals surface area contributed by atoms with Crippen LogP contribution >= 0.6 is 11.6 Å². The molecule has 1 nitrogen and oxygen atoms in total. The van der Waals surface area contributed by atoms with Crippen LogP contribution in [0, 0.1) is 0 Å². The molecule has 0 aromatic heterocycles. The highest BCUT2D eigenvalue weighted by Crippen LogP contribution is 2.11. The molecule has 0 saturated heterocycles. The molecule has 1 aromatic carbocycles. The van der Waals surface area contributed by atoms with Crippen LogP contribution in [0.3, 0.4) is 0 Å². The third-order valence-electron chi connectivity index (χ3n) is 1.56. The van der Waals surface area contributed by atoms with Crippen LogP contribution < -0.4 is 5.32 Å². The zero-order valence-corrected chi connectivity index (χ0v) is 8.23. The van der Waals surface area contributed by atoms with E-state index in [4.69, 9.17) is 11.6 Å². The smallest absolute Gasteiger partial charge is 0.0474 e. The molecule has 0 amide bonds. The van der Waals surface area contributed by atoms with Gasteiger partial charge in [0.1, 0.15) is 0 Å². The van der Waals surface area contributed by atoms with Crippen molar-refractivity contribution in [2.24, 2.45) is 0 Å². The van der Waals surface area contributed by atoms with Crippen LogP contribution in [0.2, 0.25) is 0 Å². The molecular formula is C10H14ClN. The maximum absolute atomic E-state index is 5.66. The first-order valence-electron chi connectivity index (χ1n) is 4.14. The van der Waals surface area contributed by atoms with Crippen molar-refractivity contribution in [3.05, 3.63) is 29.8 Å². The lowest BCUT2D eigenvalue weighted by molar-refractivity contribution is 0.899. The highest BCUT2D eigenvalue weighted by Gasteiger charge is 1.94. The number of alkyl halides is 1. The van der Waals surface area contributed by atoms with E-state index < -0.39 is 0 Å². The molecule has 0 bridgehead atoms. The van der Waals surface area contributed by atoms with E-state index >= 15 is 0 Å². The van der Waals surface area contributed by atoms with Crippen LogP contribution in [-0.2, 0) is 5.88 Å². The van der Waals surface area contributed by atoms with Crippen LogP contribution in [0.1, 0.15) is 19.4 Å². The maximum atomic E-state index is 5.66. The number of hydrogen-bond acceptors (Lipinski definition) is 1. The summed E-state index contributed by atoms with van der Waals surface area (Å²) in [5, 5.41) is 3.31. The van der Waals surface area contributed by atoms with Gasteiger partial charge in [0.25, 0.3) is 0 Å². The van der Waals surface area contributed by atoms with Gasteiger partial charge in [-0.1, -0.05) is 12.1 Å². The Bertz CT molecular complexity index is 228. The van der Waals surface area contributed by atoms with E-state index in [1.54, 1.807) is 0 Å². The zero-order valence-electron chi connectivity index (χ0n) is 7.47. The second kappa shape index (κ2) is 4.36. The summed E-state index contributed by atoms with van der Waals surface area (Å²) >= 11 is 5.66. The maximum Gasteiger partial charge on any atom is 0.0474 e. The molecule has 12 heavy (non-hydrogen) atoms. The van der Waals surface area contributed by atoms with Gasteiger partial charge in [0.2, 0.25) is 0 Å². The Hall–Kier alpha value is -0.690. The van der Waals surface area contributed by atoms with E-state index in [0.29, 0.717) is 11.9 Å².